The number of hydrogen-bond donors (Lipinski definition) is 1. The van der Waals surface area contributed by atoms with Crippen molar-refractivity contribution in [2.45, 2.75) is 40.2 Å². The van der Waals surface area contributed by atoms with Crippen molar-refractivity contribution >= 4 is 0 Å². The predicted molar refractivity (Wildman–Crippen MR) is 57.0 cm³/mol. The van der Waals surface area contributed by atoms with Crippen molar-refractivity contribution in [3.05, 3.63) is 23.0 Å². The standard InChI is InChI=1S/C11H20N2/c1-4-7-13-9(2)8-11(5-6-12)10(13)3/h8H,4-7,12H2,1-3H3. The Morgan fingerprint density at radius 2 is 2.08 bits per heavy atom. The van der Waals surface area contributed by atoms with Gasteiger partial charge in [-0.2, -0.15) is 0 Å². The normalized spacial score (nSPS) is 10.8. The highest BCUT2D eigenvalue weighted by molar-refractivity contribution is 5.26. The summed E-state index contributed by atoms with van der Waals surface area (Å²) >= 11 is 0. The van der Waals surface area contributed by atoms with E-state index in [2.05, 4.69) is 31.4 Å². The first-order valence-corrected chi connectivity index (χ1v) is 5.06. The van der Waals surface area contributed by atoms with E-state index < -0.39 is 0 Å². The van der Waals surface area contributed by atoms with Gasteiger partial charge in [-0.1, -0.05) is 6.92 Å². The van der Waals surface area contributed by atoms with Gasteiger partial charge in [-0.15, -0.1) is 0 Å². The van der Waals surface area contributed by atoms with Gasteiger partial charge < -0.3 is 10.3 Å². The third-order valence-electron chi connectivity index (χ3n) is 2.54. The lowest BCUT2D eigenvalue weighted by Gasteiger charge is -2.07. The van der Waals surface area contributed by atoms with Crippen LogP contribution < -0.4 is 5.73 Å². The van der Waals surface area contributed by atoms with Crippen LogP contribution in [0, 0.1) is 13.8 Å². The minimum atomic E-state index is 0.746. The highest BCUT2D eigenvalue weighted by Gasteiger charge is 2.06. The zero-order chi connectivity index (χ0) is 9.84. The summed E-state index contributed by atoms with van der Waals surface area (Å²) in [6.07, 6.45) is 2.20. The number of nitrogens with zero attached hydrogens (tertiary/aromatic N) is 1. The molecule has 0 aliphatic rings. The molecule has 1 aromatic rings. The van der Waals surface area contributed by atoms with Gasteiger partial charge >= 0.3 is 0 Å². The summed E-state index contributed by atoms with van der Waals surface area (Å²) in [6, 6.07) is 2.26. The van der Waals surface area contributed by atoms with Gasteiger partial charge in [0, 0.05) is 17.9 Å². The Kier molecular flexibility index (Phi) is 3.55. The number of aromatic nitrogens is 1. The average Bonchev–Trinajstić information content (AvgIpc) is 2.34. The van der Waals surface area contributed by atoms with Crippen LogP contribution in [0.25, 0.3) is 0 Å². The van der Waals surface area contributed by atoms with Crippen molar-refractivity contribution in [2.75, 3.05) is 6.54 Å². The fourth-order valence-corrected chi connectivity index (χ4v) is 1.85. The van der Waals surface area contributed by atoms with E-state index >= 15 is 0 Å². The molecule has 74 valence electrons. The second-order valence-corrected chi connectivity index (χ2v) is 3.59. The Bertz CT molecular complexity index is 274. The summed E-state index contributed by atoms with van der Waals surface area (Å²) in [5, 5.41) is 0. The van der Waals surface area contributed by atoms with E-state index in [0.717, 1.165) is 19.5 Å². The Balaban J connectivity index is 2.92. The van der Waals surface area contributed by atoms with Crippen molar-refractivity contribution < 1.29 is 0 Å². The summed E-state index contributed by atoms with van der Waals surface area (Å²) in [5.74, 6) is 0. The predicted octanol–water partition coefficient (Wildman–Crippen LogP) is 2.02. The molecular formula is C11H20N2. The van der Waals surface area contributed by atoms with E-state index in [1.54, 1.807) is 0 Å². The molecule has 0 aliphatic heterocycles. The van der Waals surface area contributed by atoms with Crippen LogP contribution >= 0.6 is 0 Å². The highest BCUT2D eigenvalue weighted by atomic mass is 15.0. The minimum absolute atomic E-state index is 0.746. The van der Waals surface area contributed by atoms with Gasteiger partial charge in [0.15, 0.2) is 0 Å². The number of rotatable bonds is 4. The lowest BCUT2D eigenvalue weighted by molar-refractivity contribution is 0.646. The molecule has 0 amide bonds. The molecule has 13 heavy (non-hydrogen) atoms. The molecule has 1 heterocycles. The van der Waals surface area contributed by atoms with Crippen LogP contribution in [0.15, 0.2) is 6.07 Å². The van der Waals surface area contributed by atoms with Crippen molar-refractivity contribution in [1.82, 2.24) is 4.57 Å². The molecule has 0 atom stereocenters. The van der Waals surface area contributed by atoms with Crippen LogP contribution in [0.4, 0.5) is 0 Å². The molecule has 0 aromatic carbocycles. The van der Waals surface area contributed by atoms with Gasteiger partial charge in [0.2, 0.25) is 0 Å². The molecule has 2 nitrogen and oxygen atoms in total. The van der Waals surface area contributed by atoms with E-state index in [1.807, 2.05) is 0 Å². The molecule has 1 rings (SSSR count). The number of nitrogens with two attached hydrogens (primary N) is 1. The van der Waals surface area contributed by atoms with Crippen LogP contribution in [-0.4, -0.2) is 11.1 Å². The molecule has 0 bridgehead atoms. The Morgan fingerprint density at radius 1 is 1.38 bits per heavy atom. The van der Waals surface area contributed by atoms with Gasteiger partial charge in [-0.25, -0.2) is 0 Å². The first kappa shape index (κ1) is 10.3. The van der Waals surface area contributed by atoms with E-state index in [9.17, 15) is 0 Å². The molecule has 0 saturated heterocycles. The van der Waals surface area contributed by atoms with Crippen molar-refractivity contribution in [3.63, 3.8) is 0 Å². The summed E-state index contributed by atoms with van der Waals surface area (Å²) in [5.41, 5.74) is 9.72. The fourth-order valence-electron chi connectivity index (χ4n) is 1.85. The molecule has 0 saturated carbocycles. The Labute approximate surface area is 80.7 Å². The number of hydrogen-bond acceptors (Lipinski definition) is 1. The molecule has 0 radical (unpaired) electrons. The first-order valence-electron chi connectivity index (χ1n) is 5.06. The Morgan fingerprint density at radius 3 is 2.62 bits per heavy atom. The zero-order valence-corrected chi connectivity index (χ0v) is 8.93. The van der Waals surface area contributed by atoms with E-state index in [4.69, 9.17) is 5.73 Å². The van der Waals surface area contributed by atoms with Gasteiger partial charge in [0.1, 0.15) is 0 Å². The van der Waals surface area contributed by atoms with Crippen molar-refractivity contribution in [2.24, 2.45) is 5.73 Å². The lowest BCUT2D eigenvalue weighted by Crippen LogP contribution is -2.05. The second-order valence-electron chi connectivity index (χ2n) is 3.59. The van der Waals surface area contributed by atoms with Crippen LogP contribution in [0.5, 0.6) is 0 Å². The molecule has 0 fully saturated rings. The summed E-state index contributed by atoms with van der Waals surface area (Å²) in [7, 11) is 0. The average molecular weight is 180 g/mol. The molecule has 2 N–H and O–H groups in total. The largest absolute Gasteiger partial charge is 0.349 e. The monoisotopic (exact) mass is 180 g/mol. The molecule has 1 aromatic heterocycles. The van der Waals surface area contributed by atoms with Crippen LogP contribution in [0.1, 0.15) is 30.3 Å². The molecule has 0 spiro atoms. The van der Waals surface area contributed by atoms with Crippen LogP contribution in [0.2, 0.25) is 0 Å². The molecule has 0 aliphatic carbocycles. The third kappa shape index (κ3) is 2.13. The third-order valence-corrected chi connectivity index (χ3v) is 2.54. The number of aryl methyl sites for hydroxylation is 1. The second kappa shape index (κ2) is 4.47. The van der Waals surface area contributed by atoms with E-state index in [-0.39, 0.29) is 0 Å². The Hall–Kier alpha value is -0.760. The summed E-state index contributed by atoms with van der Waals surface area (Å²) in [6.45, 7) is 8.44. The first-order chi connectivity index (χ1) is 6.20. The molecule has 2 heteroatoms. The fraction of sp³-hybridized carbons (Fsp3) is 0.636. The maximum absolute atomic E-state index is 5.55. The maximum atomic E-state index is 5.55. The topological polar surface area (TPSA) is 30.9 Å². The summed E-state index contributed by atoms with van der Waals surface area (Å²) in [4.78, 5) is 0. The minimum Gasteiger partial charge on any atom is -0.349 e. The quantitative estimate of drug-likeness (QED) is 0.755. The summed E-state index contributed by atoms with van der Waals surface area (Å²) < 4.78 is 2.38. The van der Waals surface area contributed by atoms with E-state index in [1.165, 1.54) is 23.4 Å². The molecule has 0 unspecified atom stereocenters. The lowest BCUT2D eigenvalue weighted by atomic mass is 10.2. The van der Waals surface area contributed by atoms with Crippen molar-refractivity contribution in [3.8, 4) is 0 Å². The zero-order valence-electron chi connectivity index (χ0n) is 8.93. The molecular weight excluding hydrogens is 160 g/mol. The smallest absolute Gasteiger partial charge is 0.0222 e. The van der Waals surface area contributed by atoms with Gasteiger partial charge in [0.25, 0.3) is 0 Å². The van der Waals surface area contributed by atoms with Crippen LogP contribution in [-0.2, 0) is 13.0 Å². The van der Waals surface area contributed by atoms with Gasteiger partial charge in [0.05, 0.1) is 0 Å². The van der Waals surface area contributed by atoms with Gasteiger partial charge in [-0.05, 0) is 44.9 Å². The highest BCUT2D eigenvalue weighted by Crippen LogP contribution is 2.15. The van der Waals surface area contributed by atoms with Gasteiger partial charge in [-0.3, -0.25) is 0 Å². The van der Waals surface area contributed by atoms with E-state index in [0.29, 0.717) is 0 Å². The maximum Gasteiger partial charge on any atom is 0.0222 e. The SMILES string of the molecule is CCCn1c(C)cc(CCN)c1C. The van der Waals surface area contributed by atoms with Crippen LogP contribution in [0.3, 0.4) is 0 Å². The van der Waals surface area contributed by atoms with Crippen molar-refractivity contribution in [1.29, 1.82) is 0 Å².